The second-order valence-corrected chi connectivity index (χ2v) is 11.6. The van der Waals surface area contributed by atoms with Crippen molar-refractivity contribution in [1.82, 2.24) is 0 Å². The van der Waals surface area contributed by atoms with E-state index >= 15 is 0 Å². The Morgan fingerprint density at radius 2 is 1.76 bits per heavy atom. The van der Waals surface area contributed by atoms with Gasteiger partial charge in [-0.1, -0.05) is 37.6 Å². The van der Waals surface area contributed by atoms with E-state index in [1.54, 1.807) is 7.11 Å². The first kappa shape index (κ1) is 24.3. The Morgan fingerprint density at radius 1 is 1.00 bits per heavy atom. The Bertz CT molecular complexity index is 927. The highest BCUT2D eigenvalue weighted by Crippen LogP contribution is 2.72. The van der Waals surface area contributed by atoms with Gasteiger partial charge in [-0.3, -0.25) is 0 Å². The number of methoxy groups -OCH3 is 1. The molecule has 1 aromatic rings. The molecule has 4 aliphatic carbocycles. The predicted octanol–water partition coefficient (Wildman–Crippen LogP) is 5.34. The van der Waals surface area contributed by atoms with Crippen molar-refractivity contribution in [3.63, 3.8) is 0 Å². The minimum absolute atomic E-state index is 0.103. The molecule has 2 N–H and O–H groups in total. The van der Waals surface area contributed by atoms with Crippen LogP contribution >= 0.6 is 0 Å². The van der Waals surface area contributed by atoms with Gasteiger partial charge in [0, 0.05) is 12.0 Å². The maximum atomic E-state index is 12.4. The molecule has 5 heteroatoms. The number of allylic oxidation sites excluding steroid dienone is 1. The van der Waals surface area contributed by atoms with E-state index in [0.717, 1.165) is 56.3 Å². The summed E-state index contributed by atoms with van der Waals surface area (Å²) in [6, 6.07) is 7.95. The van der Waals surface area contributed by atoms with Crippen LogP contribution in [0.25, 0.3) is 0 Å². The maximum Gasteiger partial charge on any atom is 0.147 e. The van der Waals surface area contributed by atoms with Crippen molar-refractivity contribution in [2.24, 2.45) is 22.7 Å². The molecule has 0 radical (unpaired) electrons. The van der Waals surface area contributed by atoms with Crippen LogP contribution in [0, 0.1) is 22.7 Å². The van der Waals surface area contributed by atoms with E-state index in [-0.39, 0.29) is 18.3 Å². The molecule has 5 nitrogen and oxygen atoms in total. The zero-order chi connectivity index (χ0) is 24.2. The smallest absolute Gasteiger partial charge is 0.147 e. The fourth-order valence-corrected chi connectivity index (χ4v) is 8.49. The second kappa shape index (κ2) is 8.62. The summed E-state index contributed by atoms with van der Waals surface area (Å²) in [5, 5.41) is 22.8. The summed E-state index contributed by atoms with van der Waals surface area (Å²) in [5.41, 5.74) is 0.648. The third kappa shape index (κ3) is 3.27. The summed E-state index contributed by atoms with van der Waals surface area (Å²) in [6.07, 6.45) is 9.34. The molecule has 0 unspecified atom stereocenters. The molecule has 5 rings (SSSR count). The predicted molar refractivity (Wildman–Crippen MR) is 131 cm³/mol. The molecule has 188 valence electrons. The van der Waals surface area contributed by atoms with Crippen molar-refractivity contribution in [1.29, 1.82) is 0 Å². The third-order valence-corrected chi connectivity index (χ3v) is 10.5. The van der Waals surface area contributed by atoms with Gasteiger partial charge in [-0.05, 0) is 93.2 Å². The minimum atomic E-state index is -0.968. The number of aliphatic hydroxyl groups excluding tert-OH is 1. The van der Waals surface area contributed by atoms with E-state index in [9.17, 15) is 10.2 Å². The molecule has 0 aromatic heterocycles. The summed E-state index contributed by atoms with van der Waals surface area (Å²) in [5.74, 6) is 1.62. The van der Waals surface area contributed by atoms with Crippen molar-refractivity contribution in [2.75, 3.05) is 20.5 Å². The first-order valence-electron chi connectivity index (χ1n) is 13.2. The summed E-state index contributed by atoms with van der Waals surface area (Å²) >= 11 is 0. The van der Waals surface area contributed by atoms with E-state index in [4.69, 9.17) is 14.2 Å². The summed E-state index contributed by atoms with van der Waals surface area (Å²) < 4.78 is 17.9. The zero-order valence-electron chi connectivity index (χ0n) is 21.3. The van der Waals surface area contributed by atoms with Crippen molar-refractivity contribution in [3.8, 4) is 5.75 Å². The van der Waals surface area contributed by atoms with Crippen molar-refractivity contribution < 1.29 is 24.4 Å². The molecular weight excluding hydrogens is 428 g/mol. The Hall–Kier alpha value is -1.40. The van der Waals surface area contributed by atoms with Gasteiger partial charge in [0.15, 0.2) is 0 Å². The molecule has 4 aliphatic rings. The van der Waals surface area contributed by atoms with Crippen LogP contribution in [0.3, 0.4) is 0 Å². The standard InChI is InChI=1S/C29H42O5/c1-5-33-19-34-29-17-16-28(31,20-6-9-23(32-4)10-7-20)27(29,3)15-13-24-25(29)11-8-21-18-22(30)12-14-26(21,24)2/h6-10,22,24-25,30-31H,5,11-19H2,1-4H3/t22-,24-,25+,26-,27+,28-,29-/m0/s1. The van der Waals surface area contributed by atoms with E-state index in [0.29, 0.717) is 24.9 Å². The van der Waals surface area contributed by atoms with Crippen LogP contribution in [0.1, 0.15) is 77.7 Å². The highest BCUT2D eigenvalue weighted by Gasteiger charge is 2.72. The quantitative estimate of drug-likeness (QED) is 0.334. The first-order valence-corrected chi connectivity index (χ1v) is 13.2. The van der Waals surface area contributed by atoms with Crippen LogP contribution in [-0.2, 0) is 15.1 Å². The van der Waals surface area contributed by atoms with Crippen LogP contribution in [0.2, 0.25) is 0 Å². The van der Waals surface area contributed by atoms with E-state index in [2.05, 4.69) is 19.9 Å². The molecular formula is C29H42O5. The molecule has 3 fully saturated rings. The molecule has 34 heavy (non-hydrogen) atoms. The summed E-state index contributed by atoms with van der Waals surface area (Å²) in [4.78, 5) is 0. The van der Waals surface area contributed by atoms with Crippen LogP contribution in [0.5, 0.6) is 5.75 Å². The van der Waals surface area contributed by atoms with Crippen molar-refractivity contribution in [2.45, 2.75) is 89.4 Å². The zero-order valence-corrected chi connectivity index (χ0v) is 21.3. The Kier molecular flexibility index (Phi) is 6.16. The van der Waals surface area contributed by atoms with Crippen LogP contribution in [-0.4, -0.2) is 42.4 Å². The number of hydrogen-bond acceptors (Lipinski definition) is 5. The Labute approximate surface area is 204 Å². The highest BCUT2D eigenvalue weighted by molar-refractivity contribution is 5.37. The highest BCUT2D eigenvalue weighted by atomic mass is 16.7. The van der Waals surface area contributed by atoms with Gasteiger partial charge < -0.3 is 24.4 Å². The number of hydrogen-bond donors (Lipinski definition) is 2. The van der Waals surface area contributed by atoms with Gasteiger partial charge in [-0.25, -0.2) is 0 Å². The topological polar surface area (TPSA) is 68.2 Å². The molecule has 0 aliphatic heterocycles. The van der Waals surface area contributed by atoms with Gasteiger partial charge in [0.05, 0.1) is 24.4 Å². The fraction of sp³-hybridized carbons (Fsp3) is 0.724. The monoisotopic (exact) mass is 470 g/mol. The van der Waals surface area contributed by atoms with Gasteiger partial charge >= 0.3 is 0 Å². The first-order chi connectivity index (χ1) is 16.2. The van der Waals surface area contributed by atoms with Gasteiger partial charge in [0.1, 0.15) is 12.5 Å². The lowest BCUT2D eigenvalue weighted by Gasteiger charge is -2.63. The SMILES string of the molecule is CCOCO[C@]12CC[C@](O)(c3ccc(OC)cc3)[C@@]1(C)CC[C@H]1[C@H]2CC=C2C[C@@H](O)CC[C@@]21C. The van der Waals surface area contributed by atoms with Gasteiger partial charge in [-0.2, -0.15) is 0 Å². The normalized spacial score (nSPS) is 43.5. The molecule has 3 saturated carbocycles. The van der Waals surface area contributed by atoms with Crippen molar-refractivity contribution in [3.05, 3.63) is 41.5 Å². The van der Waals surface area contributed by atoms with Crippen LogP contribution in [0.4, 0.5) is 0 Å². The second-order valence-electron chi connectivity index (χ2n) is 11.6. The maximum absolute atomic E-state index is 12.4. The Morgan fingerprint density at radius 3 is 2.47 bits per heavy atom. The summed E-state index contributed by atoms with van der Waals surface area (Å²) in [7, 11) is 1.67. The van der Waals surface area contributed by atoms with Crippen molar-refractivity contribution >= 4 is 0 Å². The van der Waals surface area contributed by atoms with E-state index < -0.39 is 16.6 Å². The Balaban J connectivity index is 1.57. The number of rotatable bonds is 6. The van der Waals surface area contributed by atoms with Gasteiger partial charge in [0.2, 0.25) is 0 Å². The molecule has 0 heterocycles. The molecule has 0 saturated heterocycles. The van der Waals surface area contributed by atoms with Gasteiger partial charge in [0.25, 0.3) is 0 Å². The average Bonchev–Trinajstić information content (AvgIpc) is 3.08. The number of benzene rings is 1. The molecule has 0 bridgehead atoms. The van der Waals surface area contributed by atoms with Crippen LogP contribution in [0.15, 0.2) is 35.9 Å². The lowest BCUT2D eigenvalue weighted by Crippen LogP contribution is -2.64. The van der Waals surface area contributed by atoms with E-state index in [1.807, 2.05) is 31.2 Å². The summed E-state index contributed by atoms with van der Waals surface area (Å²) in [6.45, 7) is 7.56. The third-order valence-electron chi connectivity index (χ3n) is 10.5. The lowest BCUT2D eigenvalue weighted by atomic mass is 9.45. The van der Waals surface area contributed by atoms with Gasteiger partial charge in [-0.15, -0.1) is 0 Å². The lowest BCUT2D eigenvalue weighted by molar-refractivity contribution is -0.267. The van der Waals surface area contributed by atoms with Crippen LogP contribution < -0.4 is 4.74 Å². The molecule has 7 atom stereocenters. The van der Waals surface area contributed by atoms with E-state index in [1.165, 1.54) is 5.57 Å². The minimum Gasteiger partial charge on any atom is -0.497 e. The average molecular weight is 471 g/mol. The number of aliphatic hydroxyl groups is 2. The number of fused-ring (bicyclic) bond motifs is 5. The largest absolute Gasteiger partial charge is 0.497 e. The fourth-order valence-electron chi connectivity index (χ4n) is 8.49. The molecule has 0 amide bonds. The molecule has 1 aromatic carbocycles. The molecule has 0 spiro atoms. The number of ether oxygens (including phenoxy) is 3.